The molecule has 66 valence electrons. The van der Waals surface area contributed by atoms with Gasteiger partial charge in [0.15, 0.2) is 0 Å². The average molecular weight is 174 g/mol. The maximum absolute atomic E-state index is 9.34. The predicted octanol–water partition coefficient (Wildman–Crippen LogP) is 1.45. The summed E-state index contributed by atoms with van der Waals surface area (Å²) in [6, 6.07) is 3.28. The van der Waals surface area contributed by atoms with E-state index < -0.39 is 0 Å². The first-order valence-corrected chi connectivity index (χ1v) is 4.05. The summed E-state index contributed by atoms with van der Waals surface area (Å²) in [7, 11) is 0. The van der Waals surface area contributed by atoms with Gasteiger partial charge in [-0.05, 0) is 30.2 Å². The molecule has 3 nitrogen and oxygen atoms in total. The third-order valence-corrected chi connectivity index (χ3v) is 2.16. The van der Waals surface area contributed by atoms with Crippen LogP contribution in [0.3, 0.4) is 0 Å². The van der Waals surface area contributed by atoms with Gasteiger partial charge in [0, 0.05) is 5.56 Å². The molecule has 0 atom stereocenters. The summed E-state index contributed by atoms with van der Waals surface area (Å²) in [5.74, 6) is 0.0989. The van der Waals surface area contributed by atoms with Crippen LogP contribution in [0, 0.1) is 5.41 Å². The van der Waals surface area contributed by atoms with Crippen molar-refractivity contribution in [3.05, 3.63) is 35.4 Å². The van der Waals surface area contributed by atoms with E-state index >= 15 is 0 Å². The van der Waals surface area contributed by atoms with Crippen LogP contribution in [0.5, 0.6) is 5.75 Å². The fraction of sp³-hybridized carbons (Fsp3) is 0.100. The number of aromatic hydroxyl groups is 1. The van der Waals surface area contributed by atoms with Crippen LogP contribution in [0.2, 0.25) is 0 Å². The lowest BCUT2D eigenvalue weighted by Crippen LogP contribution is -2.06. The zero-order chi connectivity index (χ0) is 9.42. The molecule has 0 radical (unpaired) electrons. The average Bonchev–Trinajstić information content (AvgIpc) is 2.09. The van der Waals surface area contributed by atoms with E-state index in [4.69, 9.17) is 11.1 Å². The number of anilines is 1. The topological polar surface area (TPSA) is 70.1 Å². The van der Waals surface area contributed by atoms with Gasteiger partial charge in [0.05, 0.1) is 11.4 Å². The van der Waals surface area contributed by atoms with Crippen molar-refractivity contribution in [3.8, 4) is 5.75 Å². The Morgan fingerprint density at radius 1 is 1.38 bits per heavy atom. The van der Waals surface area contributed by atoms with E-state index in [-0.39, 0.29) is 5.75 Å². The Balaban J connectivity index is 2.63. The van der Waals surface area contributed by atoms with Crippen LogP contribution in [-0.4, -0.2) is 10.8 Å². The molecule has 0 aromatic heterocycles. The Morgan fingerprint density at radius 3 is 2.92 bits per heavy atom. The van der Waals surface area contributed by atoms with Gasteiger partial charge in [0.2, 0.25) is 0 Å². The lowest BCUT2D eigenvalue weighted by atomic mass is 9.94. The minimum Gasteiger partial charge on any atom is -0.506 e. The molecule has 0 spiro atoms. The minimum absolute atomic E-state index is 0.0989. The first kappa shape index (κ1) is 7.86. The number of nitrogens with one attached hydrogen (secondary N) is 1. The maximum atomic E-state index is 9.34. The Hall–Kier alpha value is -1.77. The Bertz CT molecular complexity index is 408. The second-order valence-corrected chi connectivity index (χ2v) is 3.09. The molecule has 0 unspecified atom stereocenters. The number of phenols is 1. The molecule has 1 aromatic carbocycles. The Morgan fingerprint density at radius 2 is 2.15 bits per heavy atom. The van der Waals surface area contributed by atoms with Crippen LogP contribution < -0.4 is 5.73 Å². The molecule has 3 heteroatoms. The quantitative estimate of drug-likeness (QED) is 0.411. The summed E-state index contributed by atoms with van der Waals surface area (Å²) in [6.45, 7) is 0. The Labute approximate surface area is 76.0 Å². The van der Waals surface area contributed by atoms with Gasteiger partial charge in [0.1, 0.15) is 5.75 Å². The SMILES string of the molecule is N=C1C=CCc2cc(O)c(N)cc21. The lowest BCUT2D eigenvalue weighted by Gasteiger charge is -2.13. The van der Waals surface area contributed by atoms with E-state index in [2.05, 4.69) is 0 Å². The van der Waals surface area contributed by atoms with E-state index in [0.29, 0.717) is 11.4 Å². The van der Waals surface area contributed by atoms with Gasteiger partial charge in [-0.15, -0.1) is 0 Å². The molecule has 4 N–H and O–H groups in total. The molecule has 1 aromatic rings. The molecule has 0 saturated heterocycles. The van der Waals surface area contributed by atoms with Crippen molar-refractivity contribution < 1.29 is 5.11 Å². The summed E-state index contributed by atoms with van der Waals surface area (Å²) >= 11 is 0. The van der Waals surface area contributed by atoms with Crippen molar-refractivity contribution in [3.63, 3.8) is 0 Å². The van der Waals surface area contributed by atoms with E-state index in [0.717, 1.165) is 17.5 Å². The highest BCUT2D eigenvalue weighted by molar-refractivity contribution is 6.09. The normalized spacial score (nSPS) is 14.3. The number of hydrogen-bond donors (Lipinski definition) is 3. The summed E-state index contributed by atoms with van der Waals surface area (Å²) in [5.41, 5.74) is 8.09. The molecule has 0 aliphatic heterocycles. The van der Waals surface area contributed by atoms with E-state index in [1.807, 2.05) is 6.08 Å². The van der Waals surface area contributed by atoms with Crippen molar-refractivity contribution >= 4 is 11.4 Å². The van der Waals surface area contributed by atoms with Crippen LogP contribution in [0.4, 0.5) is 5.69 Å². The van der Waals surface area contributed by atoms with Gasteiger partial charge >= 0.3 is 0 Å². The van der Waals surface area contributed by atoms with Crippen LogP contribution >= 0.6 is 0 Å². The second kappa shape index (κ2) is 2.62. The van der Waals surface area contributed by atoms with E-state index in [9.17, 15) is 5.11 Å². The van der Waals surface area contributed by atoms with Crippen LogP contribution in [0.25, 0.3) is 0 Å². The highest BCUT2D eigenvalue weighted by atomic mass is 16.3. The summed E-state index contributed by atoms with van der Waals surface area (Å²) in [5, 5.41) is 17.0. The summed E-state index contributed by atoms with van der Waals surface area (Å²) < 4.78 is 0. The molecule has 2 rings (SSSR count). The standard InChI is InChI=1S/C10H10N2O/c11-8-3-1-2-6-4-10(13)9(12)5-7(6)8/h1,3-5,11,13H,2,12H2. The van der Waals surface area contributed by atoms with Gasteiger partial charge < -0.3 is 16.2 Å². The van der Waals surface area contributed by atoms with Gasteiger partial charge in [-0.3, -0.25) is 0 Å². The van der Waals surface area contributed by atoms with Gasteiger partial charge in [0.25, 0.3) is 0 Å². The number of nitrogen functional groups attached to an aromatic ring is 1. The summed E-state index contributed by atoms with van der Waals surface area (Å²) in [4.78, 5) is 0. The molecule has 0 heterocycles. The van der Waals surface area contributed by atoms with Crippen LogP contribution in [0.1, 0.15) is 11.1 Å². The van der Waals surface area contributed by atoms with Crippen LogP contribution in [-0.2, 0) is 6.42 Å². The maximum Gasteiger partial charge on any atom is 0.138 e. The van der Waals surface area contributed by atoms with Crippen molar-refractivity contribution in [2.75, 3.05) is 5.73 Å². The molecule has 1 aliphatic rings. The van der Waals surface area contributed by atoms with Crippen LogP contribution in [0.15, 0.2) is 24.3 Å². The Kier molecular flexibility index (Phi) is 1.59. The second-order valence-electron chi connectivity index (χ2n) is 3.09. The fourth-order valence-electron chi connectivity index (χ4n) is 1.46. The fourth-order valence-corrected chi connectivity index (χ4v) is 1.46. The van der Waals surface area contributed by atoms with Gasteiger partial charge in [-0.1, -0.05) is 6.08 Å². The molecule has 0 bridgehead atoms. The van der Waals surface area contributed by atoms with Crippen molar-refractivity contribution in [1.29, 1.82) is 5.41 Å². The number of benzene rings is 1. The van der Waals surface area contributed by atoms with Crippen molar-refractivity contribution in [2.24, 2.45) is 0 Å². The molecule has 0 fully saturated rings. The largest absolute Gasteiger partial charge is 0.506 e. The zero-order valence-electron chi connectivity index (χ0n) is 7.04. The van der Waals surface area contributed by atoms with Crippen molar-refractivity contribution in [1.82, 2.24) is 0 Å². The van der Waals surface area contributed by atoms with Crippen molar-refractivity contribution in [2.45, 2.75) is 6.42 Å². The number of allylic oxidation sites excluding steroid dienone is 2. The first-order valence-electron chi connectivity index (χ1n) is 4.05. The minimum atomic E-state index is 0.0989. The number of hydrogen-bond acceptors (Lipinski definition) is 3. The molecule has 13 heavy (non-hydrogen) atoms. The number of fused-ring (bicyclic) bond motifs is 1. The molecule has 0 amide bonds. The number of rotatable bonds is 0. The third kappa shape index (κ3) is 1.18. The smallest absolute Gasteiger partial charge is 0.138 e. The number of phenolic OH excluding ortho intramolecular Hbond substituents is 1. The lowest BCUT2D eigenvalue weighted by molar-refractivity contribution is 0.477. The van der Waals surface area contributed by atoms with E-state index in [1.54, 1.807) is 18.2 Å². The molecule has 0 saturated carbocycles. The molecular weight excluding hydrogens is 164 g/mol. The summed E-state index contributed by atoms with van der Waals surface area (Å²) in [6.07, 6.45) is 4.41. The van der Waals surface area contributed by atoms with E-state index in [1.165, 1.54) is 0 Å². The van der Waals surface area contributed by atoms with Gasteiger partial charge in [-0.2, -0.15) is 0 Å². The zero-order valence-corrected chi connectivity index (χ0v) is 7.04. The molecular formula is C10H10N2O. The monoisotopic (exact) mass is 174 g/mol. The highest BCUT2D eigenvalue weighted by Gasteiger charge is 2.12. The van der Waals surface area contributed by atoms with Gasteiger partial charge in [-0.25, -0.2) is 0 Å². The predicted molar refractivity (Wildman–Crippen MR) is 52.2 cm³/mol. The number of nitrogens with two attached hydrogens (primary N) is 1. The third-order valence-electron chi connectivity index (χ3n) is 2.16. The first-order chi connectivity index (χ1) is 6.18. The molecule has 1 aliphatic carbocycles. The highest BCUT2D eigenvalue weighted by Crippen LogP contribution is 2.27.